The minimum Gasteiger partial charge on any atom is -0.364 e. The van der Waals surface area contributed by atoms with Crippen LogP contribution in [0.4, 0.5) is 9.59 Å². The first-order valence-corrected chi connectivity index (χ1v) is 8.06. The zero-order valence-electron chi connectivity index (χ0n) is 15.8. The fourth-order valence-electron chi connectivity index (χ4n) is 4.13. The van der Waals surface area contributed by atoms with Crippen LogP contribution < -0.4 is 0 Å². The molecule has 0 N–H and O–H groups in total. The van der Waals surface area contributed by atoms with Gasteiger partial charge in [-0.05, 0) is 13.3 Å². The third-order valence-corrected chi connectivity index (χ3v) is 5.15. The highest BCUT2D eigenvalue weighted by molar-refractivity contribution is 5.88. The molecule has 0 aromatic carbocycles. The quantitative estimate of drug-likeness (QED) is 0.602. The Hall–Kier alpha value is -1.62. The SMILES string of the molecule is CCC12N(COC)C(=O)N(COC)C1(C)N(COC)C(=O)N2COC. The van der Waals surface area contributed by atoms with Gasteiger partial charge in [-0.25, -0.2) is 9.59 Å². The maximum atomic E-state index is 13.1. The van der Waals surface area contributed by atoms with E-state index >= 15 is 0 Å². The molecule has 0 aliphatic carbocycles. The lowest BCUT2D eigenvalue weighted by molar-refractivity contribution is -0.125. The van der Waals surface area contributed by atoms with Crippen LogP contribution in [-0.4, -0.2) is 98.4 Å². The number of urea groups is 2. The van der Waals surface area contributed by atoms with Crippen molar-refractivity contribution in [2.45, 2.75) is 31.6 Å². The van der Waals surface area contributed by atoms with Crippen LogP contribution in [0.3, 0.4) is 0 Å². The summed E-state index contributed by atoms with van der Waals surface area (Å²) < 4.78 is 21.0. The molecule has 0 atom stereocenters. The maximum Gasteiger partial charge on any atom is 0.327 e. The number of rotatable bonds is 9. The van der Waals surface area contributed by atoms with Gasteiger partial charge in [-0.15, -0.1) is 0 Å². The van der Waals surface area contributed by atoms with Gasteiger partial charge in [0.2, 0.25) is 0 Å². The smallest absolute Gasteiger partial charge is 0.327 e. The van der Waals surface area contributed by atoms with Gasteiger partial charge < -0.3 is 18.9 Å². The average Bonchev–Trinajstić information content (AvgIpc) is 2.88. The van der Waals surface area contributed by atoms with Crippen LogP contribution in [-0.2, 0) is 18.9 Å². The Morgan fingerprint density at radius 2 is 1.04 bits per heavy atom. The van der Waals surface area contributed by atoms with Crippen molar-refractivity contribution in [1.82, 2.24) is 19.6 Å². The van der Waals surface area contributed by atoms with Gasteiger partial charge in [0.25, 0.3) is 0 Å². The monoisotopic (exact) mass is 360 g/mol. The highest BCUT2D eigenvalue weighted by Crippen LogP contribution is 2.52. The molecular weight excluding hydrogens is 332 g/mol. The number of methoxy groups -OCH3 is 4. The van der Waals surface area contributed by atoms with E-state index in [0.29, 0.717) is 6.42 Å². The standard InChI is InChI=1S/C15H28N4O6/c1-7-15-14(2,16(8-22-3)12(20)18(15)10-24-5)17(9-23-4)13(21)19(15)11-25-6/h7-11H2,1-6H3. The molecule has 0 spiro atoms. The largest absolute Gasteiger partial charge is 0.364 e. The van der Waals surface area contributed by atoms with E-state index in [1.165, 1.54) is 38.2 Å². The molecule has 144 valence electrons. The van der Waals surface area contributed by atoms with Crippen molar-refractivity contribution in [2.75, 3.05) is 55.4 Å². The van der Waals surface area contributed by atoms with Gasteiger partial charge in [0.1, 0.15) is 26.9 Å². The molecule has 0 radical (unpaired) electrons. The van der Waals surface area contributed by atoms with Gasteiger partial charge >= 0.3 is 12.1 Å². The van der Waals surface area contributed by atoms with Crippen molar-refractivity contribution in [3.63, 3.8) is 0 Å². The molecular formula is C15H28N4O6. The van der Waals surface area contributed by atoms with E-state index in [1.54, 1.807) is 9.80 Å². The van der Waals surface area contributed by atoms with Gasteiger partial charge in [-0.1, -0.05) is 6.92 Å². The maximum absolute atomic E-state index is 13.1. The second-order valence-electron chi connectivity index (χ2n) is 6.14. The molecule has 0 unspecified atom stereocenters. The van der Waals surface area contributed by atoms with Crippen LogP contribution in [0.25, 0.3) is 0 Å². The number of ether oxygens (including phenoxy) is 4. The summed E-state index contributed by atoms with van der Waals surface area (Å²) >= 11 is 0. The number of amides is 4. The molecule has 2 fully saturated rings. The Morgan fingerprint density at radius 3 is 1.32 bits per heavy atom. The van der Waals surface area contributed by atoms with Gasteiger partial charge in [0.05, 0.1) is 0 Å². The van der Waals surface area contributed by atoms with Crippen molar-refractivity contribution in [2.24, 2.45) is 0 Å². The molecule has 2 rings (SSSR count). The van der Waals surface area contributed by atoms with Crippen molar-refractivity contribution in [3.8, 4) is 0 Å². The van der Waals surface area contributed by atoms with Gasteiger partial charge in [0.15, 0.2) is 11.3 Å². The molecule has 2 aliphatic heterocycles. The molecule has 0 saturated carbocycles. The molecule has 0 bridgehead atoms. The van der Waals surface area contributed by atoms with Crippen LogP contribution in [0.15, 0.2) is 0 Å². The van der Waals surface area contributed by atoms with Crippen LogP contribution in [0.5, 0.6) is 0 Å². The first kappa shape index (κ1) is 19.7. The third-order valence-electron chi connectivity index (χ3n) is 5.15. The van der Waals surface area contributed by atoms with Crippen LogP contribution in [0.1, 0.15) is 20.3 Å². The van der Waals surface area contributed by atoms with E-state index in [0.717, 1.165) is 0 Å². The van der Waals surface area contributed by atoms with Gasteiger partial charge in [-0.2, -0.15) is 0 Å². The Balaban J connectivity index is 2.69. The number of nitrogens with zero attached hydrogens (tertiary/aromatic N) is 4. The predicted octanol–water partition coefficient (Wildman–Crippen LogP) is 0.700. The highest BCUT2D eigenvalue weighted by atomic mass is 16.5. The van der Waals surface area contributed by atoms with E-state index in [1.807, 2.05) is 13.8 Å². The number of hydrogen-bond acceptors (Lipinski definition) is 6. The van der Waals surface area contributed by atoms with Crippen molar-refractivity contribution in [3.05, 3.63) is 0 Å². The summed E-state index contributed by atoms with van der Waals surface area (Å²) in [5.41, 5.74) is -2.00. The predicted molar refractivity (Wildman–Crippen MR) is 87.1 cm³/mol. The number of carbonyl (C=O) groups excluding carboxylic acids is 2. The summed E-state index contributed by atoms with van der Waals surface area (Å²) in [5.74, 6) is 0. The molecule has 2 heterocycles. The third kappa shape index (κ3) is 2.39. The minimum atomic E-state index is -1.01. The fraction of sp³-hybridized carbons (Fsp3) is 0.867. The fourth-order valence-corrected chi connectivity index (χ4v) is 4.13. The molecule has 10 nitrogen and oxygen atoms in total. The molecule has 10 heteroatoms. The first-order valence-electron chi connectivity index (χ1n) is 8.06. The lowest BCUT2D eigenvalue weighted by atomic mass is 9.91. The van der Waals surface area contributed by atoms with Crippen LogP contribution in [0, 0.1) is 0 Å². The molecule has 0 aromatic heterocycles. The summed E-state index contributed by atoms with van der Waals surface area (Å²) in [5, 5.41) is 0. The van der Waals surface area contributed by atoms with E-state index < -0.39 is 11.3 Å². The Kier molecular flexibility index (Phi) is 5.77. The highest BCUT2D eigenvalue weighted by Gasteiger charge is 2.75. The van der Waals surface area contributed by atoms with E-state index in [9.17, 15) is 9.59 Å². The normalized spacial score (nSPS) is 29.2. The summed E-state index contributed by atoms with van der Waals surface area (Å²) in [6.07, 6.45) is 0.480. The molecule has 0 aromatic rings. The summed E-state index contributed by atoms with van der Waals surface area (Å²) in [6.45, 7) is 3.91. The lowest BCUT2D eigenvalue weighted by Crippen LogP contribution is -2.67. The molecule has 4 amide bonds. The summed E-state index contributed by atoms with van der Waals surface area (Å²) in [7, 11) is 6.04. The Labute approximate surface area is 148 Å². The van der Waals surface area contributed by atoms with Crippen LogP contribution >= 0.6 is 0 Å². The average molecular weight is 360 g/mol. The summed E-state index contributed by atoms with van der Waals surface area (Å²) in [4.78, 5) is 32.4. The van der Waals surface area contributed by atoms with Crippen molar-refractivity contribution >= 4 is 12.1 Å². The zero-order chi connectivity index (χ0) is 18.8. The Bertz CT molecular complexity index is 480. The minimum absolute atomic E-state index is 0.0333. The number of carbonyl (C=O) groups is 2. The lowest BCUT2D eigenvalue weighted by Gasteiger charge is -2.46. The van der Waals surface area contributed by atoms with E-state index in [4.69, 9.17) is 18.9 Å². The second-order valence-corrected chi connectivity index (χ2v) is 6.14. The molecule has 2 aliphatic rings. The molecule has 2 saturated heterocycles. The van der Waals surface area contributed by atoms with E-state index in [2.05, 4.69) is 0 Å². The summed E-state index contributed by atoms with van der Waals surface area (Å²) in [6, 6.07) is -0.550. The van der Waals surface area contributed by atoms with Crippen LogP contribution in [0.2, 0.25) is 0 Å². The number of hydrogen-bond donors (Lipinski definition) is 0. The number of fused-ring (bicyclic) bond motifs is 1. The first-order chi connectivity index (χ1) is 11.9. The van der Waals surface area contributed by atoms with Gasteiger partial charge in [-0.3, -0.25) is 19.6 Å². The zero-order valence-corrected chi connectivity index (χ0v) is 15.8. The topological polar surface area (TPSA) is 84.0 Å². The van der Waals surface area contributed by atoms with Gasteiger partial charge in [0, 0.05) is 28.4 Å². The second kappa shape index (κ2) is 7.32. The van der Waals surface area contributed by atoms with E-state index in [-0.39, 0.29) is 39.0 Å². The molecule has 25 heavy (non-hydrogen) atoms. The Morgan fingerprint density at radius 1 is 0.720 bits per heavy atom. The van der Waals surface area contributed by atoms with Crippen molar-refractivity contribution in [1.29, 1.82) is 0 Å². The van der Waals surface area contributed by atoms with Crippen molar-refractivity contribution < 1.29 is 28.5 Å².